The number of rotatable bonds is 5. The molecular formula is C14H16N2O4S. The molecule has 0 aliphatic carbocycles. The van der Waals surface area contributed by atoms with Gasteiger partial charge in [-0.2, -0.15) is 0 Å². The molecule has 0 unspecified atom stereocenters. The Morgan fingerprint density at radius 3 is 2.81 bits per heavy atom. The number of carbonyl (C=O) groups excluding carboxylic acids is 3. The Morgan fingerprint density at radius 1 is 1.43 bits per heavy atom. The quantitative estimate of drug-likeness (QED) is 0.890. The Morgan fingerprint density at radius 2 is 2.19 bits per heavy atom. The van der Waals surface area contributed by atoms with Crippen LogP contribution in [-0.2, 0) is 4.79 Å². The van der Waals surface area contributed by atoms with E-state index in [2.05, 4.69) is 5.32 Å². The summed E-state index contributed by atoms with van der Waals surface area (Å²) < 4.78 is 5.17. The van der Waals surface area contributed by atoms with Gasteiger partial charge in [0.05, 0.1) is 12.9 Å². The van der Waals surface area contributed by atoms with Crippen LogP contribution in [0.1, 0.15) is 15.9 Å². The fourth-order valence-electron chi connectivity index (χ4n) is 1.94. The van der Waals surface area contributed by atoms with E-state index in [0.717, 1.165) is 22.2 Å². The van der Waals surface area contributed by atoms with Crippen LogP contribution in [0.5, 0.6) is 5.75 Å². The number of nitrogens with zero attached hydrogens (tertiary/aromatic N) is 1. The zero-order valence-corrected chi connectivity index (χ0v) is 12.7. The van der Waals surface area contributed by atoms with Gasteiger partial charge in [-0.15, -0.1) is 0 Å². The Hall–Kier alpha value is -2.02. The molecule has 2 rings (SSSR count). The summed E-state index contributed by atoms with van der Waals surface area (Å²) >= 11 is 0.983. The highest BCUT2D eigenvalue weighted by Gasteiger charge is 2.29. The van der Waals surface area contributed by atoms with Crippen LogP contribution in [0.25, 0.3) is 0 Å². The number of nitrogens with one attached hydrogen (secondary N) is 1. The molecule has 0 saturated carbocycles. The minimum Gasteiger partial charge on any atom is -0.496 e. The number of hydrogen-bond donors (Lipinski definition) is 1. The number of hydrogen-bond acceptors (Lipinski definition) is 5. The van der Waals surface area contributed by atoms with Crippen molar-refractivity contribution >= 4 is 28.8 Å². The highest BCUT2D eigenvalue weighted by atomic mass is 32.2. The number of imide groups is 1. The normalized spacial score (nSPS) is 14.5. The van der Waals surface area contributed by atoms with Gasteiger partial charge in [-0.05, 0) is 24.6 Å². The summed E-state index contributed by atoms with van der Waals surface area (Å²) in [6.45, 7) is 2.31. The number of benzene rings is 1. The van der Waals surface area contributed by atoms with Gasteiger partial charge in [0.1, 0.15) is 5.75 Å². The van der Waals surface area contributed by atoms with Gasteiger partial charge in [0.2, 0.25) is 5.91 Å². The fraction of sp³-hybridized carbons (Fsp3) is 0.357. The molecule has 1 aromatic carbocycles. The third kappa shape index (κ3) is 3.55. The first-order chi connectivity index (χ1) is 10.0. The smallest absolute Gasteiger partial charge is 0.288 e. The first-order valence-electron chi connectivity index (χ1n) is 6.43. The molecule has 1 N–H and O–H groups in total. The van der Waals surface area contributed by atoms with E-state index in [9.17, 15) is 14.4 Å². The third-order valence-electron chi connectivity index (χ3n) is 3.13. The predicted octanol–water partition coefficient (Wildman–Crippen LogP) is 1.43. The largest absolute Gasteiger partial charge is 0.496 e. The summed E-state index contributed by atoms with van der Waals surface area (Å²) in [5.74, 6) is 0.349. The van der Waals surface area contributed by atoms with Gasteiger partial charge >= 0.3 is 0 Å². The minimum atomic E-state index is -0.264. The van der Waals surface area contributed by atoms with Crippen molar-refractivity contribution in [1.82, 2.24) is 10.2 Å². The molecule has 0 aromatic heterocycles. The van der Waals surface area contributed by atoms with Crippen molar-refractivity contribution in [2.45, 2.75) is 6.92 Å². The summed E-state index contributed by atoms with van der Waals surface area (Å²) in [4.78, 5) is 36.0. The topological polar surface area (TPSA) is 75.7 Å². The van der Waals surface area contributed by atoms with Gasteiger partial charge in [-0.25, -0.2) is 0 Å². The maximum Gasteiger partial charge on any atom is 0.288 e. The molecule has 1 saturated heterocycles. The zero-order valence-electron chi connectivity index (χ0n) is 11.8. The lowest BCUT2D eigenvalue weighted by molar-refractivity contribution is -0.124. The van der Waals surface area contributed by atoms with Crippen LogP contribution in [0.15, 0.2) is 18.2 Å². The average molecular weight is 308 g/mol. The van der Waals surface area contributed by atoms with E-state index in [1.165, 1.54) is 0 Å². The zero-order chi connectivity index (χ0) is 15.4. The highest BCUT2D eigenvalue weighted by Crippen LogP contribution is 2.19. The van der Waals surface area contributed by atoms with Crippen molar-refractivity contribution in [1.29, 1.82) is 0 Å². The Labute approximate surface area is 126 Å². The second-order valence-corrected chi connectivity index (χ2v) is 5.47. The molecule has 0 radical (unpaired) electrons. The van der Waals surface area contributed by atoms with Gasteiger partial charge in [-0.3, -0.25) is 19.3 Å². The monoisotopic (exact) mass is 308 g/mol. The first-order valence-corrected chi connectivity index (χ1v) is 7.41. The summed E-state index contributed by atoms with van der Waals surface area (Å²) in [7, 11) is 1.55. The molecule has 1 aliphatic rings. The van der Waals surface area contributed by atoms with E-state index in [0.29, 0.717) is 11.3 Å². The van der Waals surface area contributed by atoms with Crippen LogP contribution in [0.2, 0.25) is 0 Å². The molecule has 0 spiro atoms. The van der Waals surface area contributed by atoms with E-state index in [-0.39, 0.29) is 35.9 Å². The maximum absolute atomic E-state index is 12.0. The van der Waals surface area contributed by atoms with Crippen LogP contribution < -0.4 is 10.1 Å². The fourth-order valence-corrected chi connectivity index (χ4v) is 2.69. The lowest BCUT2D eigenvalue weighted by Gasteiger charge is -2.13. The standard InChI is InChI=1S/C14H16N2O4S/c1-9-3-4-10(7-11(9)20-2)13(18)15-5-6-16-12(17)8-21-14(16)19/h3-4,7H,5-6,8H2,1-2H3,(H,15,18). The summed E-state index contributed by atoms with van der Waals surface area (Å²) in [6.07, 6.45) is 0. The van der Waals surface area contributed by atoms with Crippen molar-refractivity contribution in [3.63, 3.8) is 0 Å². The molecule has 1 aliphatic heterocycles. The molecule has 21 heavy (non-hydrogen) atoms. The SMILES string of the molecule is COc1cc(C(=O)NCCN2C(=O)CSC2=O)ccc1C. The molecule has 0 atom stereocenters. The maximum atomic E-state index is 12.0. The van der Waals surface area contributed by atoms with Crippen molar-refractivity contribution in [3.05, 3.63) is 29.3 Å². The van der Waals surface area contributed by atoms with Gasteiger partial charge in [-0.1, -0.05) is 17.8 Å². The number of ether oxygens (including phenoxy) is 1. The van der Waals surface area contributed by atoms with Crippen molar-refractivity contribution in [2.24, 2.45) is 0 Å². The van der Waals surface area contributed by atoms with E-state index in [1.54, 1.807) is 25.3 Å². The van der Waals surface area contributed by atoms with Gasteiger partial charge in [0.25, 0.3) is 11.1 Å². The molecule has 3 amide bonds. The second kappa shape index (κ2) is 6.62. The minimum absolute atomic E-state index is 0.182. The van der Waals surface area contributed by atoms with Crippen LogP contribution in [0.3, 0.4) is 0 Å². The number of thioether (sulfide) groups is 1. The molecule has 0 bridgehead atoms. The van der Waals surface area contributed by atoms with Crippen LogP contribution in [-0.4, -0.2) is 47.9 Å². The Kier molecular flexibility index (Phi) is 4.85. The lowest BCUT2D eigenvalue weighted by atomic mass is 10.1. The van der Waals surface area contributed by atoms with Gasteiger partial charge < -0.3 is 10.1 Å². The first kappa shape index (κ1) is 15.4. The van der Waals surface area contributed by atoms with E-state index >= 15 is 0 Å². The predicted molar refractivity (Wildman–Crippen MR) is 79.6 cm³/mol. The molecule has 6 nitrogen and oxygen atoms in total. The van der Waals surface area contributed by atoms with Crippen LogP contribution in [0.4, 0.5) is 4.79 Å². The number of amides is 3. The number of carbonyl (C=O) groups is 3. The third-order valence-corrected chi connectivity index (χ3v) is 3.99. The van der Waals surface area contributed by atoms with Crippen molar-refractivity contribution in [3.8, 4) is 5.75 Å². The summed E-state index contributed by atoms with van der Waals surface area (Å²) in [6, 6.07) is 5.17. The molecule has 1 aromatic rings. The average Bonchev–Trinajstić information content (AvgIpc) is 2.79. The Bertz CT molecular complexity index is 572. The van der Waals surface area contributed by atoms with Gasteiger partial charge in [0.15, 0.2) is 0 Å². The molecule has 1 heterocycles. The number of methoxy groups -OCH3 is 1. The Balaban J connectivity index is 1.90. The summed E-state index contributed by atoms with van der Waals surface area (Å²) in [5.41, 5.74) is 1.42. The van der Waals surface area contributed by atoms with Crippen molar-refractivity contribution in [2.75, 3.05) is 26.0 Å². The lowest BCUT2D eigenvalue weighted by Crippen LogP contribution is -2.37. The molecule has 112 valence electrons. The molecular weight excluding hydrogens is 292 g/mol. The van der Waals surface area contributed by atoms with E-state index in [4.69, 9.17) is 4.74 Å². The van der Waals surface area contributed by atoms with E-state index < -0.39 is 0 Å². The van der Waals surface area contributed by atoms with Gasteiger partial charge in [0, 0.05) is 18.7 Å². The van der Waals surface area contributed by atoms with Crippen LogP contribution >= 0.6 is 11.8 Å². The number of aryl methyl sites for hydroxylation is 1. The molecule has 1 fully saturated rings. The van der Waals surface area contributed by atoms with Crippen molar-refractivity contribution < 1.29 is 19.1 Å². The second-order valence-electron chi connectivity index (χ2n) is 4.54. The summed E-state index contributed by atoms with van der Waals surface area (Å²) in [5, 5.41) is 2.43. The van der Waals surface area contributed by atoms with E-state index in [1.807, 2.05) is 6.92 Å². The van der Waals surface area contributed by atoms with Crippen LogP contribution in [0, 0.1) is 6.92 Å². The molecule has 7 heteroatoms. The highest BCUT2D eigenvalue weighted by molar-refractivity contribution is 8.14.